The van der Waals surface area contributed by atoms with Gasteiger partial charge in [0.05, 0.1) is 35.0 Å². The van der Waals surface area contributed by atoms with Gasteiger partial charge in [-0.05, 0) is 39.0 Å². The largest absolute Gasteiger partial charge is 0.375 e. The monoisotopic (exact) mass is 397 g/mol. The van der Waals surface area contributed by atoms with Crippen LogP contribution in [0.3, 0.4) is 0 Å². The number of carbonyl (C=O) groups is 1. The number of aromatic nitrogens is 3. The summed E-state index contributed by atoms with van der Waals surface area (Å²) in [5.74, 6) is 0.346. The minimum Gasteiger partial charge on any atom is -0.375 e. The number of nitrogens with zero attached hydrogens (tertiary/aromatic N) is 4. The van der Waals surface area contributed by atoms with Gasteiger partial charge in [-0.1, -0.05) is 6.07 Å². The van der Waals surface area contributed by atoms with Crippen molar-refractivity contribution in [1.29, 1.82) is 0 Å². The van der Waals surface area contributed by atoms with Gasteiger partial charge in [0.1, 0.15) is 5.60 Å². The third-order valence-electron chi connectivity index (χ3n) is 5.01. The van der Waals surface area contributed by atoms with Crippen LogP contribution in [0.1, 0.15) is 40.9 Å². The molecule has 3 aromatic heterocycles. The average molecular weight is 398 g/mol. The number of thiophene rings is 1. The van der Waals surface area contributed by atoms with Gasteiger partial charge in [-0.3, -0.25) is 9.78 Å². The molecule has 4 rings (SSSR count). The van der Waals surface area contributed by atoms with Crippen molar-refractivity contribution in [3.8, 4) is 0 Å². The molecule has 0 unspecified atom stereocenters. The molecule has 1 aliphatic heterocycles. The van der Waals surface area contributed by atoms with E-state index >= 15 is 0 Å². The molecular weight excluding hydrogens is 374 g/mol. The number of rotatable bonds is 5. The van der Waals surface area contributed by atoms with Gasteiger partial charge >= 0.3 is 0 Å². The molecule has 0 aromatic carbocycles. The highest BCUT2D eigenvalue weighted by molar-refractivity contribution is 7.19. The van der Waals surface area contributed by atoms with Crippen LogP contribution in [-0.4, -0.2) is 51.6 Å². The molecule has 0 radical (unpaired) electrons. The normalized spacial score (nSPS) is 16.6. The molecule has 1 saturated heterocycles. The predicted octanol–water partition coefficient (Wildman–Crippen LogP) is 3.43. The van der Waals surface area contributed by atoms with Crippen LogP contribution in [0, 0.1) is 6.92 Å². The first-order valence-corrected chi connectivity index (χ1v) is 10.0. The van der Waals surface area contributed by atoms with E-state index in [-0.39, 0.29) is 17.6 Å². The molecule has 4 heterocycles. The minimum absolute atomic E-state index is 0.0814. The summed E-state index contributed by atoms with van der Waals surface area (Å²) >= 11 is 1.54. The van der Waals surface area contributed by atoms with Crippen molar-refractivity contribution in [3.63, 3.8) is 0 Å². The summed E-state index contributed by atoms with van der Waals surface area (Å²) in [7, 11) is 1.67. The fourth-order valence-corrected chi connectivity index (χ4v) is 4.27. The first kappa shape index (κ1) is 18.8. The summed E-state index contributed by atoms with van der Waals surface area (Å²) in [4.78, 5) is 29.5. The van der Waals surface area contributed by atoms with Crippen LogP contribution in [0.2, 0.25) is 0 Å². The van der Waals surface area contributed by atoms with E-state index in [4.69, 9.17) is 4.74 Å². The number of methoxy groups -OCH3 is 1. The Balaban J connectivity index is 1.65. The first-order valence-electron chi connectivity index (χ1n) is 9.18. The molecule has 0 spiro atoms. The van der Waals surface area contributed by atoms with E-state index in [0.29, 0.717) is 24.7 Å². The average Bonchev–Trinajstić information content (AvgIpc) is 3.05. The Morgan fingerprint density at radius 1 is 1.36 bits per heavy atom. The smallest absolute Gasteiger partial charge is 0.274 e. The van der Waals surface area contributed by atoms with Crippen molar-refractivity contribution in [2.45, 2.75) is 32.4 Å². The van der Waals surface area contributed by atoms with Gasteiger partial charge < -0.3 is 15.0 Å². The summed E-state index contributed by atoms with van der Waals surface area (Å²) < 4.78 is 6.29. The number of hydrogen-bond donors (Lipinski definition) is 1. The highest BCUT2D eigenvalue weighted by Crippen LogP contribution is 2.31. The van der Waals surface area contributed by atoms with Gasteiger partial charge in [0, 0.05) is 18.2 Å². The van der Waals surface area contributed by atoms with Crippen LogP contribution in [0.4, 0.5) is 5.95 Å². The van der Waals surface area contributed by atoms with Crippen LogP contribution in [0.15, 0.2) is 30.5 Å². The fourth-order valence-electron chi connectivity index (χ4n) is 3.34. The molecule has 0 saturated carbocycles. The zero-order valence-electron chi connectivity index (χ0n) is 16.4. The van der Waals surface area contributed by atoms with E-state index in [1.807, 2.05) is 45.0 Å². The first-order chi connectivity index (χ1) is 13.4. The van der Waals surface area contributed by atoms with Crippen LogP contribution in [-0.2, 0) is 4.74 Å². The van der Waals surface area contributed by atoms with E-state index in [1.54, 1.807) is 29.5 Å². The lowest BCUT2D eigenvalue weighted by Gasteiger charge is -2.46. The van der Waals surface area contributed by atoms with Gasteiger partial charge in [0.2, 0.25) is 5.95 Å². The number of ether oxygens (including phenoxy) is 1. The molecule has 8 heteroatoms. The topological polar surface area (TPSA) is 80.2 Å². The molecular formula is C20H23N5O2S. The molecule has 1 fully saturated rings. The maximum Gasteiger partial charge on any atom is 0.274 e. The van der Waals surface area contributed by atoms with E-state index in [1.165, 1.54) is 0 Å². The Kier molecular flexibility index (Phi) is 4.76. The molecule has 0 bridgehead atoms. The number of likely N-dealkylation sites (tertiary alicyclic amines) is 1. The molecule has 0 aliphatic carbocycles. The SMILES string of the molecule is COC1(C)CN(C(=O)c2nc(N[C@@H](C)c3ccccn3)nc3cc(C)sc23)C1. The molecule has 28 heavy (non-hydrogen) atoms. The van der Waals surface area contributed by atoms with E-state index in [2.05, 4.69) is 20.3 Å². The number of nitrogens with one attached hydrogen (secondary N) is 1. The summed E-state index contributed by atoms with van der Waals surface area (Å²) in [6.45, 7) is 7.13. The van der Waals surface area contributed by atoms with Gasteiger partial charge in [-0.15, -0.1) is 11.3 Å². The van der Waals surface area contributed by atoms with E-state index < -0.39 is 0 Å². The lowest BCUT2D eigenvalue weighted by molar-refractivity contribution is -0.0948. The predicted molar refractivity (Wildman–Crippen MR) is 110 cm³/mol. The molecule has 1 atom stereocenters. The number of fused-ring (bicyclic) bond motifs is 1. The Labute approximate surface area is 167 Å². The number of hydrogen-bond acceptors (Lipinski definition) is 7. The number of anilines is 1. The van der Waals surface area contributed by atoms with Crippen LogP contribution in [0.5, 0.6) is 0 Å². The molecule has 1 N–H and O–H groups in total. The number of pyridine rings is 1. The summed E-state index contributed by atoms with van der Waals surface area (Å²) in [5.41, 5.74) is 1.84. The zero-order valence-corrected chi connectivity index (χ0v) is 17.2. The zero-order chi connectivity index (χ0) is 19.9. The quantitative estimate of drug-likeness (QED) is 0.710. The van der Waals surface area contributed by atoms with E-state index in [0.717, 1.165) is 20.8 Å². The lowest BCUT2D eigenvalue weighted by Crippen LogP contribution is -2.62. The Morgan fingerprint density at radius 2 is 2.14 bits per heavy atom. The summed E-state index contributed by atoms with van der Waals surface area (Å²) in [6, 6.07) is 7.68. The van der Waals surface area contributed by atoms with Crippen molar-refractivity contribution < 1.29 is 9.53 Å². The van der Waals surface area contributed by atoms with E-state index in [9.17, 15) is 4.79 Å². The molecule has 7 nitrogen and oxygen atoms in total. The molecule has 1 aliphatic rings. The summed E-state index contributed by atoms with van der Waals surface area (Å²) in [5, 5.41) is 3.28. The van der Waals surface area contributed by atoms with Crippen molar-refractivity contribution in [2.75, 3.05) is 25.5 Å². The van der Waals surface area contributed by atoms with Crippen LogP contribution >= 0.6 is 11.3 Å². The Morgan fingerprint density at radius 3 is 2.82 bits per heavy atom. The van der Waals surface area contributed by atoms with Crippen molar-refractivity contribution >= 4 is 33.4 Å². The second-order valence-corrected chi connectivity index (χ2v) is 8.66. The Bertz CT molecular complexity index is 1010. The summed E-state index contributed by atoms with van der Waals surface area (Å²) in [6.07, 6.45) is 1.76. The third kappa shape index (κ3) is 3.45. The fraction of sp³-hybridized carbons (Fsp3) is 0.400. The molecule has 146 valence electrons. The second-order valence-electron chi connectivity index (χ2n) is 7.40. The van der Waals surface area contributed by atoms with Gasteiger partial charge in [0.15, 0.2) is 5.69 Å². The van der Waals surface area contributed by atoms with Gasteiger partial charge in [-0.2, -0.15) is 0 Å². The highest BCUT2D eigenvalue weighted by atomic mass is 32.1. The van der Waals surface area contributed by atoms with Crippen molar-refractivity contribution in [2.24, 2.45) is 0 Å². The maximum atomic E-state index is 13.1. The van der Waals surface area contributed by atoms with Crippen LogP contribution in [0.25, 0.3) is 10.2 Å². The number of aryl methyl sites for hydroxylation is 1. The number of amides is 1. The third-order valence-corrected chi connectivity index (χ3v) is 6.05. The van der Waals surface area contributed by atoms with Crippen molar-refractivity contribution in [1.82, 2.24) is 19.9 Å². The highest BCUT2D eigenvalue weighted by Gasteiger charge is 2.42. The maximum absolute atomic E-state index is 13.1. The second kappa shape index (κ2) is 7.10. The molecule has 1 amide bonds. The Hall–Kier alpha value is -2.58. The number of carbonyl (C=O) groups excluding carboxylic acids is 1. The minimum atomic E-state index is -0.276. The van der Waals surface area contributed by atoms with Gasteiger partial charge in [0.25, 0.3) is 5.91 Å². The van der Waals surface area contributed by atoms with Crippen molar-refractivity contribution in [3.05, 3.63) is 46.7 Å². The molecule has 3 aromatic rings. The van der Waals surface area contributed by atoms with Gasteiger partial charge in [-0.25, -0.2) is 9.97 Å². The standard InChI is InChI=1S/C20H23N5O2S/c1-12-9-15-17(28-12)16(18(26)25-10-20(3,11-25)27-4)24-19(23-15)22-13(2)14-7-5-6-8-21-14/h5-9,13H,10-11H2,1-4H3,(H,22,23,24)/t13-/m0/s1. The lowest BCUT2D eigenvalue weighted by atomic mass is 9.96. The van der Waals surface area contributed by atoms with Crippen LogP contribution < -0.4 is 5.32 Å².